The number of aromatic nitrogens is 1. The van der Waals surface area contributed by atoms with E-state index in [0.717, 1.165) is 16.7 Å². The molecule has 0 atom stereocenters. The minimum Gasteiger partial charge on any atom is -0.468 e. The van der Waals surface area contributed by atoms with E-state index < -0.39 is 4.92 Å². The van der Waals surface area contributed by atoms with Gasteiger partial charge in [0.2, 0.25) is 0 Å². The highest BCUT2D eigenvalue weighted by Gasteiger charge is 2.20. The minimum atomic E-state index is -0.571. The summed E-state index contributed by atoms with van der Waals surface area (Å²) in [5.74, 6) is 0.406. The Bertz CT molecular complexity index is 683. The van der Waals surface area contributed by atoms with Crippen molar-refractivity contribution in [1.82, 2.24) is 4.98 Å². The van der Waals surface area contributed by atoms with E-state index in [4.69, 9.17) is 15.4 Å². The number of aryl methyl sites for hydroxylation is 1. The van der Waals surface area contributed by atoms with Crippen LogP contribution in [0.5, 0.6) is 0 Å². The van der Waals surface area contributed by atoms with Crippen LogP contribution in [-0.4, -0.2) is 21.0 Å². The topological polar surface area (TPSA) is 128 Å². The van der Waals surface area contributed by atoms with Crippen LogP contribution in [0.25, 0.3) is 0 Å². The van der Waals surface area contributed by atoms with E-state index in [1.165, 1.54) is 18.5 Å². The second-order valence-corrected chi connectivity index (χ2v) is 4.76. The van der Waals surface area contributed by atoms with Gasteiger partial charge in [-0.25, -0.2) is 4.98 Å². The van der Waals surface area contributed by atoms with Gasteiger partial charge in [-0.2, -0.15) is 0 Å². The van der Waals surface area contributed by atoms with Gasteiger partial charge >= 0.3 is 5.69 Å². The summed E-state index contributed by atoms with van der Waals surface area (Å²) >= 11 is 1.11. The molecule has 2 aromatic rings. The zero-order valence-electron chi connectivity index (χ0n) is 10.3. The summed E-state index contributed by atoms with van der Waals surface area (Å²) in [6.07, 6.45) is 2.80. The van der Waals surface area contributed by atoms with E-state index in [-0.39, 0.29) is 22.1 Å². The fourth-order valence-corrected chi connectivity index (χ4v) is 2.30. The zero-order valence-corrected chi connectivity index (χ0v) is 11.1. The summed E-state index contributed by atoms with van der Waals surface area (Å²) in [5.41, 5.74) is 5.34. The van der Waals surface area contributed by atoms with Gasteiger partial charge < -0.3 is 15.4 Å². The normalized spacial score (nSPS) is 11.6. The van der Waals surface area contributed by atoms with Crippen LogP contribution in [-0.2, 0) is 0 Å². The lowest BCUT2D eigenvalue weighted by Crippen LogP contribution is -2.14. The molecule has 3 N–H and O–H groups in total. The largest absolute Gasteiger partial charge is 0.468 e. The first kappa shape index (κ1) is 13.9. The molecule has 8 nitrogen and oxygen atoms in total. The Morgan fingerprint density at radius 3 is 2.95 bits per heavy atom. The maximum Gasteiger partial charge on any atom is 0.302 e. The lowest BCUT2D eigenvalue weighted by Gasteiger charge is -2.03. The van der Waals surface area contributed by atoms with Crippen molar-refractivity contribution in [3.8, 4) is 0 Å². The fraction of sp³-hybridized carbons (Fsp3) is 0.0909. The van der Waals surface area contributed by atoms with Crippen LogP contribution in [0.2, 0.25) is 0 Å². The molecular formula is C11H10N4O4S. The molecular weight excluding hydrogens is 284 g/mol. The molecule has 2 aromatic heterocycles. The number of amidine groups is 1. The Morgan fingerprint density at radius 2 is 2.40 bits per heavy atom. The van der Waals surface area contributed by atoms with E-state index in [2.05, 4.69) is 10.1 Å². The number of rotatable bonds is 4. The fourth-order valence-electron chi connectivity index (χ4n) is 1.43. The Hall–Kier alpha value is -2.55. The number of furan rings is 1. The predicted molar refractivity (Wildman–Crippen MR) is 71.0 cm³/mol. The second-order valence-electron chi connectivity index (χ2n) is 3.73. The molecule has 0 bridgehead atoms. The average Bonchev–Trinajstić information content (AvgIpc) is 2.83. The molecule has 2 heterocycles. The van der Waals surface area contributed by atoms with Crippen LogP contribution in [0, 0.1) is 17.0 Å². The summed E-state index contributed by atoms with van der Waals surface area (Å²) < 4.78 is 5.13. The predicted octanol–water partition coefficient (Wildman–Crippen LogP) is 2.14. The highest BCUT2D eigenvalue weighted by atomic mass is 32.2. The van der Waals surface area contributed by atoms with Crippen LogP contribution in [0.4, 0.5) is 5.69 Å². The standard InChI is InChI=1S/C11H10N4O4S/c1-6-9(2-3-19-6)20-11-8(15(17)18)4-7(5-13-11)10(12)14-16/h2-5,16H,1H3,(H2,12,14). The van der Waals surface area contributed by atoms with E-state index in [9.17, 15) is 10.1 Å². The maximum atomic E-state index is 11.1. The minimum absolute atomic E-state index is 0.174. The molecule has 0 aliphatic carbocycles. The van der Waals surface area contributed by atoms with Crippen molar-refractivity contribution in [2.45, 2.75) is 16.8 Å². The molecule has 2 rings (SSSR count). The first-order valence-corrected chi connectivity index (χ1v) is 6.19. The van der Waals surface area contributed by atoms with Crippen LogP contribution in [0.1, 0.15) is 11.3 Å². The molecule has 0 amide bonds. The Kier molecular flexibility index (Phi) is 3.89. The van der Waals surface area contributed by atoms with Gasteiger partial charge in [-0.05, 0) is 13.0 Å². The Balaban J connectivity index is 2.43. The monoisotopic (exact) mass is 294 g/mol. The number of hydrogen-bond acceptors (Lipinski definition) is 7. The van der Waals surface area contributed by atoms with Crippen molar-refractivity contribution in [3.63, 3.8) is 0 Å². The Morgan fingerprint density at radius 1 is 1.65 bits per heavy atom. The van der Waals surface area contributed by atoms with Crippen LogP contribution in [0.15, 0.2) is 44.1 Å². The first-order valence-electron chi connectivity index (χ1n) is 5.37. The van der Waals surface area contributed by atoms with E-state index in [1.807, 2.05) is 0 Å². The van der Waals surface area contributed by atoms with Crippen molar-refractivity contribution in [2.24, 2.45) is 10.9 Å². The number of nitrogens with zero attached hydrogens (tertiary/aromatic N) is 3. The highest BCUT2D eigenvalue weighted by molar-refractivity contribution is 7.99. The highest BCUT2D eigenvalue weighted by Crippen LogP contribution is 2.35. The zero-order chi connectivity index (χ0) is 14.7. The number of nitrogens with two attached hydrogens (primary N) is 1. The SMILES string of the molecule is Cc1occc1Sc1ncc(/C(N)=N/O)cc1[N+](=O)[O-]. The number of oxime groups is 1. The van der Waals surface area contributed by atoms with Gasteiger partial charge in [0, 0.05) is 17.8 Å². The lowest BCUT2D eigenvalue weighted by atomic mass is 10.2. The van der Waals surface area contributed by atoms with Gasteiger partial charge in [0.25, 0.3) is 0 Å². The van der Waals surface area contributed by atoms with Crippen LogP contribution in [0.3, 0.4) is 0 Å². The summed E-state index contributed by atoms with van der Waals surface area (Å²) in [4.78, 5) is 15.2. The third-order valence-corrected chi connectivity index (χ3v) is 3.60. The third-order valence-electron chi connectivity index (χ3n) is 2.45. The molecule has 0 saturated carbocycles. The van der Waals surface area contributed by atoms with Crippen molar-refractivity contribution >= 4 is 23.3 Å². The van der Waals surface area contributed by atoms with Gasteiger partial charge in [-0.1, -0.05) is 16.9 Å². The summed E-state index contributed by atoms with van der Waals surface area (Å²) in [5, 5.41) is 22.7. The molecule has 0 radical (unpaired) electrons. The van der Waals surface area contributed by atoms with E-state index >= 15 is 0 Å². The molecule has 0 saturated heterocycles. The lowest BCUT2D eigenvalue weighted by molar-refractivity contribution is -0.388. The van der Waals surface area contributed by atoms with Crippen molar-refractivity contribution in [2.75, 3.05) is 0 Å². The molecule has 20 heavy (non-hydrogen) atoms. The Labute approximate surface area is 117 Å². The maximum absolute atomic E-state index is 11.1. The van der Waals surface area contributed by atoms with Crippen molar-refractivity contribution in [3.05, 3.63) is 46.0 Å². The molecule has 104 valence electrons. The van der Waals surface area contributed by atoms with Gasteiger partial charge in [0.05, 0.1) is 16.1 Å². The first-order chi connectivity index (χ1) is 9.52. The summed E-state index contributed by atoms with van der Waals surface area (Å²) in [6.45, 7) is 1.75. The van der Waals surface area contributed by atoms with E-state index in [1.54, 1.807) is 13.0 Å². The number of nitro groups is 1. The van der Waals surface area contributed by atoms with Crippen LogP contribution >= 0.6 is 11.8 Å². The molecule has 0 unspecified atom stereocenters. The van der Waals surface area contributed by atoms with Crippen LogP contribution < -0.4 is 5.73 Å². The molecule has 0 aliphatic rings. The molecule has 0 aliphatic heterocycles. The summed E-state index contributed by atoms with van der Waals surface area (Å²) in [6, 6.07) is 2.91. The smallest absolute Gasteiger partial charge is 0.302 e. The van der Waals surface area contributed by atoms with Crippen molar-refractivity contribution in [1.29, 1.82) is 0 Å². The summed E-state index contributed by atoms with van der Waals surface area (Å²) in [7, 11) is 0. The van der Waals surface area contributed by atoms with Gasteiger partial charge in [0.15, 0.2) is 10.9 Å². The van der Waals surface area contributed by atoms with Gasteiger partial charge in [-0.3, -0.25) is 10.1 Å². The molecule has 0 aromatic carbocycles. The average molecular weight is 294 g/mol. The van der Waals surface area contributed by atoms with Gasteiger partial charge in [-0.15, -0.1) is 0 Å². The number of pyridine rings is 1. The van der Waals surface area contributed by atoms with Gasteiger partial charge in [0.1, 0.15) is 5.76 Å². The second kappa shape index (κ2) is 5.61. The number of hydrogen-bond donors (Lipinski definition) is 2. The molecule has 0 fully saturated rings. The molecule has 0 spiro atoms. The van der Waals surface area contributed by atoms with E-state index in [0.29, 0.717) is 5.76 Å². The quantitative estimate of drug-likeness (QED) is 0.290. The molecule has 9 heteroatoms. The third kappa shape index (κ3) is 2.72. The van der Waals surface area contributed by atoms with Crippen molar-refractivity contribution < 1.29 is 14.5 Å².